The molecule has 0 radical (unpaired) electrons. The van der Waals surface area contributed by atoms with E-state index in [2.05, 4.69) is 18.8 Å². The molecule has 0 saturated carbocycles. The molecule has 0 saturated heterocycles. The highest BCUT2D eigenvalue weighted by atomic mass is 14.7. The van der Waals surface area contributed by atoms with Gasteiger partial charge in [-0.25, -0.2) is 0 Å². The van der Waals surface area contributed by atoms with E-state index in [-0.39, 0.29) is 0 Å². The summed E-state index contributed by atoms with van der Waals surface area (Å²) in [4.78, 5) is 4.17. The van der Waals surface area contributed by atoms with E-state index in [0.717, 1.165) is 12.1 Å². The zero-order valence-corrected chi connectivity index (χ0v) is 7.46. The van der Waals surface area contributed by atoms with Crippen LogP contribution in [-0.4, -0.2) is 12.4 Å². The smallest absolute Gasteiger partial charge is 0.0442 e. The van der Waals surface area contributed by atoms with Gasteiger partial charge < -0.3 is 5.41 Å². The molecule has 0 rings (SSSR count). The quantitative estimate of drug-likeness (QED) is 0.601. The summed E-state index contributed by atoms with van der Waals surface area (Å²) in [7, 11) is 0. The van der Waals surface area contributed by atoms with Crippen molar-refractivity contribution in [2.45, 2.75) is 27.2 Å². The van der Waals surface area contributed by atoms with Crippen LogP contribution in [0.25, 0.3) is 0 Å². The van der Waals surface area contributed by atoms with Crippen molar-refractivity contribution < 1.29 is 0 Å². The number of hydrogen-bond acceptors (Lipinski definition) is 2. The Morgan fingerprint density at radius 1 is 1.64 bits per heavy atom. The molecule has 0 aliphatic heterocycles. The van der Waals surface area contributed by atoms with Crippen LogP contribution in [0, 0.1) is 11.3 Å². The summed E-state index contributed by atoms with van der Waals surface area (Å²) in [5, 5.41) is 6.90. The molecule has 0 aromatic carbocycles. The van der Waals surface area contributed by atoms with E-state index in [1.54, 1.807) is 12.3 Å². The van der Waals surface area contributed by atoms with Crippen molar-refractivity contribution in [2.24, 2.45) is 10.9 Å². The van der Waals surface area contributed by atoms with Gasteiger partial charge in [0, 0.05) is 18.1 Å². The Labute approximate surface area is 68.5 Å². The summed E-state index contributed by atoms with van der Waals surface area (Å²) in [6.07, 6.45) is 5.86. The van der Waals surface area contributed by atoms with Gasteiger partial charge in [-0.15, -0.1) is 0 Å². The predicted molar refractivity (Wildman–Crippen MR) is 50.5 cm³/mol. The average Bonchev–Trinajstić information content (AvgIpc) is 2.03. The van der Waals surface area contributed by atoms with Gasteiger partial charge in [0.1, 0.15) is 0 Å². The summed E-state index contributed by atoms with van der Waals surface area (Å²) in [5.41, 5.74) is 0.991. The molecule has 2 nitrogen and oxygen atoms in total. The Bertz CT molecular complexity index is 168. The lowest BCUT2D eigenvalue weighted by atomic mass is 10.1. The highest BCUT2D eigenvalue weighted by Crippen LogP contribution is 2.13. The second kappa shape index (κ2) is 5.83. The van der Waals surface area contributed by atoms with Crippen LogP contribution in [0.15, 0.2) is 16.8 Å². The van der Waals surface area contributed by atoms with Crippen LogP contribution in [0.4, 0.5) is 0 Å². The zero-order chi connectivity index (χ0) is 8.69. The van der Waals surface area contributed by atoms with Crippen LogP contribution >= 0.6 is 0 Å². The summed E-state index contributed by atoms with van der Waals surface area (Å²) in [6.45, 7) is 6.12. The molecule has 0 fully saturated rings. The standard InChI is InChI=1S/C9H16N2/c1-4-8(3)9(6-7-10)11-5-2/h5-8,10H,4H2,1-3H3. The van der Waals surface area contributed by atoms with E-state index >= 15 is 0 Å². The average molecular weight is 152 g/mol. The Morgan fingerprint density at radius 3 is 2.64 bits per heavy atom. The normalized spacial score (nSPS) is 15.4. The Hall–Kier alpha value is -0.920. The number of nitrogens with one attached hydrogen (secondary N) is 1. The molecule has 0 bridgehead atoms. The second-order valence-corrected chi connectivity index (χ2v) is 2.45. The number of hydrogen-bond donors (Lipinski definition) is 1. The van der Waals surface area contributed by atoms with Crippen molar-refractivity contribution in [1.82, 2.24) is 0 Å². The molecule has 0 aliphatic carbocycles. The van der Waals surface area contributed by atoms with Gasteiger partial charge in [0.05, 0.1) is 0 Å². The van der Waals surface area contributed by atoms with Gasteiger partial charge in [0.2, 0.25) is 0 Å². The minimum Gasteiger partial charge on any atom is -0.309 e. The highest BCUT2D eigenvalue weighted by Gasteiger charge is 2.02. The zero-order valence-electron chi connectivity index (χ0n) is 7.46. The van der Waals surface area contributed by atoms with Crippen molar-refractivity contribution in [1.29, 1.82) is 5.41 Å². The van der Waals surface area contributed by atoms with Crippen LogP contribution in [-0.2, 0) is 0 Å². The lowest BCUT2D eigenvalue weighted by molar-refractivity contribution is 0.650. The Kier molecular flexibility index (Phi) is 5.35. The van der Waals surface area contributed by atoms with Crippen molar-refractivity contribution in [3.63, 3.8) is 0 Å². The van der Waals surface area contributed by atoms with E-state index in [1.807, 2.05) is 6.92 Å². The molecule has 2 heteroatoms. The lowest BCUT2D eigenvalue weighted by Crippen LogP contribution is -1.95. The number of nitrogens with zero attached hydrogens (tertiary/aromatic N) is 1. The van der Waals surface area contributed by atoms with Gasteiger partial charge in [0.25, 0.3) is 0 Å². The monoisotopic (exact) mass is 152 g/mol. The third-order valence-electron chi connectivity index (χ3n) is 1.65. The summed E-state index contributed by atoms with van der Waals surface area (Å²) < 4.78 is 0. The second-order valence-electron chi connectivity index (χ2n) is 2.45. The van der Waals surface area contributed by atoms with Crippen molar-refractivity contribution in [2.75, 3.05) is 0 Å². The summed E-state index contributed by atoms with van der Waals surface area (Å²) >= 11 is 0. The van der Waals surface area contributed by atoms with Gasteiger partial charge in [0.15, 0.2) is 0 Å². The van der Waals surface area contributed by atoms with Crippen LogP contribution in [0.1, 0.15) is 27.2 Å². The minimum atomic E-state index is 0.452. The van der Waals surface area contributed by atoms with Gasteiger partial charge in [-0.1, -0.05) is 13.8 Å². The first kappa shape index (κ1) is 10.1. The fraction of sp³-hybridized carbons (Fsp3) is 0.556. The van der Waals surface area contributed by atoms with Crippen LogP contribution in [0.3, 0.4) is 0 Å². The van der Waals surface area contributed by atoms with E-state index in [4.69, 9.17) is 5.41 Å². The van der Waals surface area contributed by atoms with Crippen molar-refractivity contribution >= 4 is 12.4 Å². The van der Waals surface area contributed by atoms with E-state index in [0.29, 0.717) is 5.92 Å². The van der Waals surface area contributed by atoms with E-state index in [9.17, 15) is 0 Å². The maximum Gasteiger partial charge on any atom is 0.0442 e. The topological polar surface area (TPSA) is 36.2 Å². The predicted octanol–water partition coefficient (Wildman–Crippen LogP) is 2.66. The highest BCUT2D eigenvalue weighted by molar-refractivity contribution is 5.70. The number of aliphatic imine (C=N–C) groups is 1. The van der Waals surface area contributed by atoms with Crippen LogP contribution < -0.4 is 0 Å². The van der Waals surface area contributed by atoms with Crippen molar-refractivity contribution in [3.05, 3.63) is 11.8 Å². The molecule has 0 amide bonds. The largest absolute Gasteiger partial charge is 0.309 e. The van der Waals surface area contributed by atoms with Crippen molar-refractivity contribution in [3.8, 4) is 0 Å². The first-order valence-electron chi connectivity index (χ1n) is 3.95. The van der Waals surface area contributed by atoms with Gasteiger partial charge >= 0.3 is 0 Å². The van der Waals surface area contributed by atoms with Gasteiger partial charge in [-0.3, -0.25) is 4.99 Å². The van der Waals surface area contributed by atoms with Crippen LogP contribution in [0.5, 0.6) is 0 Å². The molecule has 0 heterocycles. The summed E-state index contributed by atoms with van der Waals surface area (Å²) in [6, 6.07) is 0. The molecule has 1 N–H and O–H groups in total. The van der Waals surface area contributed by atoms with Gasteiger partial charge in [-0.2, -0.15) is 0 Å². The molecule has 0 spiro atoms. The molecule has 0 aromatic heterocycles. The molecular formula is C9H16N2. The molecule has 1 atom stereocenters. The number of rotatable bonds is 4. The maximum absolute atomic E-state index is 6.90. The number of allylic oxidation sites excluding steroid dienone is 2. The molecule has 11 heavy (non-hydrogen) atoms. The van der Waals surface area contributed by atoms with Gasteiger partial charge in [-0.05, 0) is 25.3 Å². The summed E-state index contributed by atoms with van der Waals surface area (Å²) in [5.74, 6) is 0.452. The lowest BCUT2D eigenvalue weighted by Gasteiger charge is -2.07. The first-order valence-corrected chi connectivity index (χ1v) is 3.95. The molecule has 0 aromatic rings. The molecule has 62 valence electrons. The first-order chi connectivity index (χ1) is 5.26. The fourth-order valence-corrected chi connectivity index (χ4v) is 0.778. The van der Waals surface area contributed by atoms with E-state index in [1.165, 1.54) is 6.21 Å². The Morgan fingerprint density at radius 2 is 2.27 bits per heavy atom. The maximum atomic E-state index is 6.90. The van der Waals surface area contributed by atoms with E-state index < -0.39 is 0 Å². The molecular weight excluding hydrogens is 136 g/mol. The third-order valence-corrected chi connectivity index (χ3v) is 1.65. The molecule has 0 aliphatic rings. The van der Waals surface area contributed by atoms with Crippen LogP contribution in [0.2, 0.25) is 0 Å². The Balaban J connectivity index is 4.32. The molecule has 1 unspecified atom stereocenters. The third kappa shape index (κ3) is 3.71. The minimum absolute atomic E-state index is 0.452. The SMILES string of the molecule is CC=NC(=CC=N)C(C)CC. The fourth-order valence-electron chi connectivity index (χ4n) is 0.778.